The molecule has 2 heterocycles. The molecule has 1 N–H and O–H groups in total. The number of para-hydroxylation sites is 1. The summed E-state index contributed by atoms with van der Waals surface area (Å²) in [5.41, 5.74) is 0.609. The highest BCUT2D eigenvalue weighted by Gasteiger charge is 2.53. The average molecular weight is 303 g/mol. The van der Waals surface area contributed by atoms with Crippen LogP contribution >= 0.6 is 11.6 Å². The highest BCUT2D eigenvalue weighted by Crippen LogP contribution is 2.45. The summed E-state index contributed by atoms with van der Waals surface area (Å²) < 4.78 is 0. The van der Waals surface area contributed by atoms with Crippen molar-refractivity contribution in [1.29, 1.82) is 0 Å². The van der Waals surface area contributed by atoms with Gasteiger partial charge in [0.25, 0.3) is 5.91 Å². The number of halogens is 1. The third-order valence-electron chi connectivity index (χ3n) is 4.47. The third-order valence-corrected chi connectivity index (χ3v) is 4.66. The summed E-state index contributed by atoms with van der Waals surface area (Å²) in [7, 11) is 0. The first kappa shape index (κ1) is 13.0. The Bertz CT molecular complexity index is 736. The number of fused-ring (bicyclic) bond motifs is 1. The van der Waals surface area contributed by atoms with Crippen LogP contribution in [0.1, 0.15) is 23.2 Å². The average Bonchev–Trinajstić information content (AvgIpc) is 3.27. The van der Waals surface area contributed by atoms with Gasteiger partial charge in [0.1, 0.15) is 10.8 Å². The molecule has 5 heteroatoms. The zero-order valence-corrected chi connectivity index (χ0v) is 12.2. The van der Waals surface area contributed by atoms with Crippen LogP contribution < -0.4 is 0 Å². The number of rotatable bonds is 2. The molecule has 1 aromatic heterocycles. The number of benzene rings is 1. The number of β-amino-alcohol motifs (C(OH)–C–C–N with tert-alkyl or cyclic N) is 1. The highest BCUT2D eigenvalue weighted by molar-refractivity contribution is 6.30. The number of likely N-dealkylation sites (tertiary alicyclic amines) is 1. The van der Waals surface area contributed by atoms with E-state index in [1.807, 2.05) is 24.3 Å². The van der Waals surface area contributed by atoms with Gasteiger partial charge in [-0.25, -0.2) is 4.98 Å². The molecule has 0 radical (unpaired) electrons. The van der Waals surface area contributed by atoms with Crippen LogP contribution in [-0.2, 0) is 0 Å². The Morgan fingerprint density at radius 3 is 2.76 bits per heavy atom. The maximum atomic E-state index is 12.7. The quantitative estimate of drug-likeness (QED) is 0.867. The number of aliphatic hydroxyl groups is 1. The van der Waals surface area contributed by atoms with Crippen molar-refractivity contribution in [2.75, 3.05) is 13.1 Å². The lowest BCUT2D eigenvalue weighted by Crippen LogP contribution is -2.64. The number of amides is 1. The highest BCUT2D eigenvalue weighted by atomic mass is 35.5. The molecule has 2 fully saturated rings. The monoisotopic (exact) mass is 302 g/mol. The fraction of sp³-hybridized carbons (Fsp3) is 0.375. The molecule has 4 rings (SSSR count). The molecule has 1 aliphatic heterocycles. The minimum absolute atomic E-state index is 0.0826. The predicted octanol–water partition coefficient (Wildman–Crippen LogP) is 2.49. The largest absolute Gasteiger partial charge is 0.386 e. The van der Waals surface area contributed by atoms with Gasteiger partial charge in [-0.3, -0.25) is 4.79 Å². The summed E-state index contributed by atoms with van der Waals surface area (Å²) in [6, 6.07) is 9.08. The van der Waals surface area contributed by atoms with E-state index in [-0.39, 0.29) is 5.91 Å². The molecule has 0 bridgehead atoms. The molecule has 0 unspecified atom stereocenters. The van der Waals surface area contributed by atoms with Crippen LogP contribution in [0.25, 0.3) is 10.9 Å². The van der Waals surface area contributed by atoms with Crippen LogP contribution in [0.4, 0.5) is 0 Å². The number of hydrogen-bond acceptors (Lipinski definition) is 3. The van der Waals surface area contributed by atoms with Crippen molar-refractivity contribution in [3.8, 4) is 0 Å². The van der Waals surface area contributed by atoms with Gasteiger partial charge in [-0.1, -0.05) is 29.8 Å². The topological polar surface area (TPSA) is 53.4 Å². The Balaban J connectivity index is 1.66. The number of pyridine rings is 1. The maximum Gasteiger partial charge on any atom is 0.254 e. The Hall–Kier alpha value is -1.65. The molecule has 1 saturated heterocycles. The first-order chi connectivity index (χ1) is 10.1. The summed E-state index contributed by atoms with van der Waals surface area (Å²) in [5.74, 6) is 0.292. The van der Waals surface area contributed by atoms with Crippen molar-refractivity contribution in [3.63, 3.8) is 0 Å². The van der Waals surface area contributed by atoms with Gasteiger partial charge in [0.05, 0.1) is 24.2 Å². The third kappa shape index (κ3) is 2.10. The van der Waals surface area contributed by atoms with Crippen LogP contribution in [-0.4, -0.2) is 39.6 Å². The van der Waals surface area contributed by atoms with E-state index in [1.54, 1.807) is 11.0 Å². The molecule has 1 aliphatic carbocycles. The minimum atomic E-state index is -0.664. The van der Waals surface area contributed by atoms with E-state index >= 15 is 0 Å². The number of nitrogens with zero attached hydrogens (tertiary/aromatic N) is 2. The summed E-state index contributed by atoms with van der Waals surface area (Å²) in [6.45, 7) is 0.843. The Morgan fingerprint density at radius 2 is 2.05 bits per heavy atom. The van der Waals surface area contributed by atoms with Crippen molar-refractivity contribution in [1.82, 2.24) is 9.88 Å². The molecule has 1 saturated carbocycles. The van der Waals surface area contributed by atoms with Gasteiger partial charge in [-0.15, -0.1) is 0 Å². The zero-order chi connectivity index (χ0) is 14.6. The second kappa shape index (κ2) is 4.42. The summed E-state index contributed by atoms with van der Waals surface area (Å²) in [6.07, 6.45) is 2.14. The predicted molar refractivity (Wildman–Crippen MR) is 80.3 cm³/mol. The lowest BCUT2D eigenvalue weighted by atomic mass is 9.88. The van der Waals surface area contributed by atoms with Crippen LogP contribution in [0.2, 0.25) is 5.15 Å². The van der Waals surface area contributed by atoms with Gasteiger partial charge in [0.15, 0.2) is 0 Å². The molecule has 1 amide bonds. The molecule has 0 spiro atoms. The normalized spacial score (nSPS) is 20.4. The van der Waals surface area contributed by atoms with Gasteiger partial charge in [0, 0.05) is 5.39 Å². The van der Waals surface area contributed by atoms with Gasteiger partial charge in [0.2, 0.25) is 0 Å². The van der Waals surface area contributed by atoms with Crippen molar-refractivity contribution in [3.05, 3.63) is 41.0 Å². The van der Waals surface area contributed by atoms with Crippen molar-refractivity contribution in [2.45, 2.75) is 18.4 Å². The van der Waals surface area contributed by atoms with E-state index in [0.29, 0.717) is 35.2 Å². The van der Waals surface area contributed by atoms with Crippen LogP contribution in [0, 0.1) is 5.92 Å². The summed E-state index contributed by atoms with van der Waals surface area (Å²) in [5, 5.41) is 11.5. The molecule has 0 atom stereocenters. The molecule has 2 aromatic rings. The Labute approximate surface area is 127 Å². The molecule has 2 aliphatic rings. The number of carbonyl (C=O) groups excluding carboxylic acids is 1. The second-order valence-corrected chi connectivity index (χ2v) is 6.44. The van der Waals surface area contributed by atoms with E-state index in [4.69, 9.17) is 11.6 Å². The number of aromatic nitrogens is 1. The van der Waals surface area contributed by atoms with Crippen LogP contribution in [0.3, 0.4) is 0 Å². The van der Waals surface area contributed by atoms with Crippen molar-refractivity contribution >= 4 is 28.4 Å². The van der Waals surface area contributed by atoms with E-state index in [1.165, 1.54) is 0 Å². The van der Waals surface area contributed by atoms with Gasteiger partial charge >= 0.3 is 0 Å². The lowest BCUT2D eigenvalue weighted by Gasteiger charge is -2.47. The standard InChI is InChI=1S/C16H15ClN2O2/c17-14-7-12(11-3-1-2-4-13(11)18-14)15(20)19-8-16(21,9-19)10-5-6-10/h1-4,7,10,21H,5-6,8-9H2. The maximum absolute atomic E-state index is 12.7. The fourth-order valence-corrected chi connectivity index (χ4v) is 3.33. The summed E-state index contributed by atoms with van der Waals surface area (Å²) >= 11 is 6.02. The van der Waals surface area contributed by atoms with Crippen molar-refractivity contribution < 1.29 is 9.90 Å². The van der Waals surface area contributed by atoms with E-state index in [9.17, 15) is 9.90 Å². The second-order valence-electron chi connectivity index (χ2n) is 6.05. The zero-order valence-electron chi connectivity index (χ0n) is 11.4. The van der Waals surface area contributed by atoms with E-state index < -0.39 is 5.60 Å². The molecule has 4 nitrogen and oxygen atoms in total. The first-order valence-corrected chi connectivity index (χ1v) is 7.51. The van der Waals surface area contributed by atoms with Crippen molar-refractivity contribution in [2.24, 2.45) is 5.92 Å². The fourth-order valence-electron chi connectivity index (χ4n) is 3.13. The molecular formula is C16H15ClN2O2. The van der Waals surface area contributed by atoms with Gasteiger partial charge in [-0.05, 0) is 30.9 Å². The first-order valence-electron chi connectivity index (χ1n) is 7.14. The van der Waals surface area contributed by atoms with Gasteiger partial charge in [-0.2, -0.15) is 0 Å². The smallest absolute Gasteiger partial charge is 0.254 e. The minimum Gasteiger partial charge on any atom is -0.386 e. The summed E-state index contributed by atoms with van der Waals surface area (Å²) in [4.78, 5) is 18.6. The lowest BCUT2D eigenvalue weighted by molar-refractivity contribution is -0.0957. The van der Waals surface area contributed by atoms with E-state index in [2.05, 4.69) is 4.98 Å². The van der Waals surface area contributed by atoms with Gasteiger partial charge < -0.3 is 10.0 Å². The molecule has 21 heavy (non-hydrogen) atoms. The van der Waals surface area contributed by atoms with E-state index in [0.717, 1.165) is 18.2 Å². The van der Waals surface area contributed by atoms with Crippen LogP contribution in [0.5, 0.6) is 0 Å². The number of hydrogen-bond donors (Lipinski definition) is 1. The Morgan fingerprint density at radius 1 is 1.33 bits per heavy atom. The number of carbonyl (C=O) groups is 1. The Kier molecular flexibility index (Phi) is 2.75. The van der Waals surface area contributed by atoms with Crippen LogP contribution in [0.15, 0.2) is 30.3 Å². The molecule has 1 aromatic carbocycles. The molecular weight excluding hydrogens is 288 g/mol. The SMILES string of the molecule is O=C(c1cc(Cl)nc2ccccc12)N1CC(O)(C2CC2)C1. The molecule has 108 valence electrons.